The van der Waals surface area contributed by atoms with Crippen LogP contribution in [0.5, 0.6) is 0 Å². The second kappa shape index (κ2) is 3.58. The molecule has 0 saturated heterocycles. The normalized spacial score (nSPS) is 11.8. The van der Waals surface area contributed by atoms with Gasteiger partial charge in [0.2, 0.25) is 0 Å². The first kappa shape index (κ1) is 11.6. The average molecular weight is 221 g/mol. The van der Waals surface area contributed by atoms with E-state index in [4.69, 9.17) is 11.6 Å². The topological polar surface area (TPSA) is 74.0 Å². The van der Waals surface area contributed by atoms with E-state index in [2.05, 4.69) is 0 Å². The van der Waals surface area contributed by atoms with Gasteiger partial charge in [-0.05, 0) is 13.0 Å². The molecule has 0 aliphatic rings. The fraction of sp³-hybridized carbons (Fsp3) is 0.375. The Morgan fingerprint density at radius 1 is 1.47 bits per heavy atom. The fourth-order valence-corrected chi connectivity index (χ4v) is 1.24. The van der Waals surface area contributed by atoms with Gasteiger partial charge in [-0.15, -0.1) is 0 Å². The van der Waals surface area contributed by atoms with Gasteiger partial charge < -0.3 is 11.6 Å². The molecule has 1 aromatic heterocycles. The Hall–Kier alpha value is -1.50. The minimum absolute atomic E-state index is 0.0320. The summed E-state index contributed by atoms with van der Waals surface area (Å²) in [4.78, 5) is 11.3. The number of nitrogen functional groups attached to an aromatic ring is 1. The van der Waals surface area contributed by atoms with Gasteiger partial charge in [0.05, 0.1) is 5.56 Å². The third kappa shape index (κ3) is 1.96. The quantitative estimate of drug-likeness (QED) is 0.672. The van der Waals surface area contributed by atoms with Crippen molar-refractivity contribution in [3.05, 3.63) is 33.2 Å². The Morgan fingerprint density at radius 2 is 2.00 bits per heavy atom. The van der Waals surface area contributed by atoms with Gasteiger partial charge in [0.25, 0.3) is 5.56 Å². The van der Waals surface area contributed by atoms with Crippen LogP contribution in [0, 0.1) is 6.92 Å². The Morgan fingerprint density at radius 3 is 2.40 bits per heavy atom. The molecule has 4 N–H and O–H groups in total. The molecule has 15 heavy (non-hydrogen) atoms. The van der Waals surface area contributed by atoms with E-state index in [1.807, 2.05) is 0 Å². The van der Waals surface area contributed by atoms with E-state index in [0.717, 1.165) is 6.07 Å². The summed E-state index contributed by atoms with van der Waals surface area (Å²) in [6.07, 6.45) is -4.59. The molecule has 4 nitrogen and oxygen atoms in total. The highest BCUT2D eigenvalue weighted by atomic mass is 19.4. The van der Waals surface area contributed by atoms with E-state index < -0.39 is 29.4 Å². The average Bonchev–Trinajstić information content (AvgIpc) is 2.12. The van der Waals surface area contributed by atoms with Gasteiger partial charge in [0, 0.05) is 17.8 Å². The highest BCUT2D eigenvalue weighted by molar-refractivity contribution is 5.30. The lowest BCUT2D eigenvalue weighted by molar-refractivity contribution is -0.138. The SMILES string of the molecule is Cc1cc(C(F)(F)F)c(CN)c(=O)n1N. The largest absolute Gasteiger partial charge is 0.416 e. The predicted octanol–water partition coefficient (Wildman–Crippen LogP) is 0.348. The van der Waals surface area contributed by atoms with Gasteiger partial charge >= 0.3 is 6.18 Å². The number of aryl methyl sites for hydroxylation is 1. The number of pyridine rings is 1. The second-order valence-electron chi connectivity index (χ2n) is 3.05. The molecule has 0 aliphatic carbocycles. The van der Waals surface area contributed by atoms with Crippen LogP contribution < -0.4 is 17.1 Å². The van der Waals surface area contributed by atoms with Crippen LogP contribution in [0.4, 0.5) is 13.2 Å². The number of halogens is 3. The Labute approximate surface area is 83.3 Å². The lowest BCUT2D eigenvalue weighted by Gasteiger charge is -2.14. The summed E-state index contributed by atoms with van der Waals surface area (Å²) in [5.74, 6) is 5.25. The molecule has 0 saturated carbocycles. The van der Waals surface area contributed by atoms with Gasteiger partial charge in [-0.25, -0.2) is 4.68 Å². The van der Waals surface area contributed by atoms with E-state index >= 15 is 0 Å². The maximum Gasteiger partial charge on any atom is 0.416 e. The summed E-state index contributed by atoms with van der Waals surface area (Å²) in [6, 6.07) is 0.809. The molecule has 0 amide bonds. The van der Waals surface area contributed by atoms with Crippen LogP contribution in [0.15, 0.2) is 10.9 Å². The maximum absolute atomic E-state index is 12.5. The first-order valence-corrected chi connectivity index (χ1v) is 4.07. The molecule has 0 bridgehead atoms. The van der Waals surface area contributed by atoms with Gasteiger partial charge in [-0.3, -0.25) is 4.79 Å². The lowest BCUT2D eigenvalue weighted by Crippen LogP contribution is -2.35. The van der Waals surface area contributed by atoms with E-state index in [-0.39, 0.29) is 5.69 Å². The Balaban J connectivity index is 3.61. The maximum atomic E-state index is 12.5. The number of hydrogen-bond donors (Lipinski definition) is 2. The summed E-state index contributed by atoms with van der Waals surface area (Å²) in [6.45, 7) is 0.822. The van der Waals surface area contributed by atoms with Crippen molar-refractivity contribution in [2.24, 2.45) is 5.73 Å². The van der Waals surface area contributed by atoms with Crippen LogP contribution in [-0.4, -0.2) is 4.68 Å². The molecule has 0 aromatic carbocycles. The van der Waals surface area contributed by atoms with Crippen molar-refractivity contribution in [3.63, 3.8) is 0 Å². The number of alkyl halides is 3. The highest BCUT2D eigenvalue weighted by Crippen LogP contribution is 2.30. The summed E-state index contributed by atoms with van der Waals surface area (Å²) >= 11 is 0. The molecule has 0 radical (unpaired) electrons. The van der Waals surface area contributed by atoms with Gasteiger partial charge in [-0.2, -0.15) is 13.2 Å². The van der Waals surface area contributed by atoms with E-state index in [1.54, 1.807) is 0 Å². The third-order valence-corrected chi connectivity index (χ3v) is 2.04. The van der Waals surface area contributed by atoms with Crippen molar-refractivity contribution in [2.75, 3.05) is 5.84 Å². The van der Waals surface area contributed by atoms with Crippen LogP contribution in [0.3, 0.4) is 0 Å². The molecule has 0 fully saturated rings. The molecule has 0 atom stereocenters. The van der Waals surface area contributed by atoms with Crippen LogP contribution in [-0.2, 0) is 12.7 Å². The molecule has 0 unspecified atom stereocenters. The summed E-state index contributed by atoms with van der Waals surface area (Å²) < 4.78 is 38.1. The van der Waals surface area contributed by atoms with Crippen molar-refractivity contribution in [1.82, 2.24) is 4.68 Å². The molecule has 1 rings (SSSR count). The first-order chi connectivity index (χ1) is 6.79. The minimum Gasteiger partial charge on any atom is -0.336 e. The highest BCUT2D eigenvalue weighted by Gasteiger charge is 2.35. The molecule has 1 heterocycles. The third-order valence-electron chi connectivity index (χ3n) is 2.04. The smallest absolute Gasteiger partial charge is 0.336 e. The van der Waals surface area contributed by atoms with E-state index in [9.17, 15) is 18.0 Å². The first-order valence-electron chi connectivity index (χ1n) is 4.07. The van der Waals surface area contributed by atoms with Crippen molar-refractivity contribution >= 4 is 0 Å². The minimum atomic E-state index is -4.59. The van der Waals surface area contributed by atoms with Crippen molar-refractivity contribution < 1.29 is 13.2 Å². The van der Waals surface area contributed by atoms with E-state index in [1.165, 1.54) is 6.92 Å². The van der Waals surface area contributed by atoms with Crippen molar-refractivity contribution in [3.8, 4) is 0 Å². The zero-order chi connectivity index (χ0) is 11.8. The molecular weight excluding hydrogens is 211 g/mol. The second-order valence-corrected chi connectivity index (χ2v) is 3.05. The zero-order valence-electron chi connectivity index (χ0n) is 7.93. The fourth-order valence-electron chi connectivity index (χ4n) is 1.24. The Kier molecular flexibility index (Phi) is 2.76. The Bertz CT molecular complexity index is 436. The molecule has 0 aliphatic heterocycles. The van der Waals surface area contributed by atoms with Crippen molar-refractivity contribution in [2.45, 2.75) is 19.6 Å². The molecule has 0 spiro atoms. The van der Waals surface area contributed by atoms with Crippen LogP contribution in [0.25, 0.3) is 0 Å². The summed E-state index contributed by atoms with van der Waals surface area (Å²) in [7, 11) is 0. The number of rotatable bonds is 1. The number of hydrogen-bond acceptors (Lipinski definition) is 3. The van der Waals surface area contributed by atoms with Gasteiger partial charge in [-0.1, -0.05) is 0 Å². The molecular formula is C8H10F3N3O. The predicted molar refractivity (Wildman–Crippen MR) is 48.5 cm³/mol. The molecule has 1 aromatic rings. The number of nitrogens with two attached hydrogens (primary N) is 2. The van der Waals surface area contributed by atoms with Crippen LogP contribution in [0.2, 0.25) is 0 Å². The summed E-state index contributed by atoms with van der Waals surface area (Å²) in [5, 5.41) is 0. The lowest BCUT2D eigenvalue weighted by atomic mass is 10.1. The van der Waals surface area contributed by atoms with E-state index in [0.29, 0.717) is 4.68 Å². The van der Waals surface area contributed by atoms with Gasteiger partial charge in [0.15, 0.2) is 0 Å². The number of nitrogens with zero attached hydrogens (tertiary/aromatic N) is 1. The van der Waals surface area contributed by atoms with Crippen LogP contribution >= 0.6 is 0 Å². The standard InChI is InChI=1S/C8H10F3N3O/c1-4-2-6(8(9,10)11)5(3-12)7(15)14(4)13/h2H,3,12-13H2,1H3. The number of aromatic nitrogens is 1. The summed E-state index contributed by atoms with van der Waals surface area (Å²) in [5.41, 5.74) is 2.68. The van der Waals surface area contributed by atoms with Gasteiger partial charge in [0.1, 0.15) is 0 Å². The molecule has 84 valence electrons. The zero-order valence-corrected chi connectivity index (χ0v) is 7.93. The monoisotopic (exact) mass is 221 g/mol. The molecule has 7 heteroatoms. The van der Waals surface area contributed by atoms with Crippen molar-refractivity contribution in [1.29, 1.82) is 0 Å². The van der Waals surface area contributed by atoms with Crippen LogP contribution in [0.1, 0.15) is 16.8 Å².